The molecule has 0 saturated carbocycles. The third kappa shape index (κ3) is 5.44. The molecule has 5 heteroatoms. The number of hydrogen-bond donors (Lipinski definition) is 2. The maximum absolute atomic E-state index is 11.4. The van der Waals surface area contributed by atoms with Crippen LogP contribution in [0.2, 0.25) is 0 Å². The van der Waals surface area contributed by atoms with E-state index < -0.39 is 0 Å². The van der Waals surface area contributed by atoms with Crippen LogP contribution in [0, 0.1) is 5.92 Å². The Morgan fingerprint density at radius 3 is 3.00 bits per heavy atom. The molecule has 1 aliphatic rings. The molecular formula is C12H23N3OS. The molecule has 1 heterocycles. The van der Waals surface area contributed by atoms with E-state index >= 15 is 0 Å². The average molecular weight is 257 g/mol. The van der Waals surface area contributed by atoms with Crippen LogP contribution in [0.4, 0.5) is 0 Å². The van der Waals surface area contributed by atoms with Crippen molar-refractivity contribution in [1.82, 2.24) is 10.6 Å². The number of carbonyl (C=O) groups excluding carboxylic acids is 1. The molecular weight excluding hydrogens is 234 g/mol. The summed E-state index contributed by atoms with van der Waals surface area (Å²) in [5.74, 6) is 1.87. The van der Waals surface area contributed by atoms with Crippen LogP contribution in [0.3, 0.4) is 0 Å². The fourth-order valence-electron chi connectivity index (χ4n) is 1.44. The normalized spacial score (nSPS) is 26.6. The highest BCUT2D eigenvalue weighted by Gasteiger charge is 2.20. The van der Waals surface area contributed by atoms with Gasteiger partial charge in [-0.1, -0.05) is 25.6 Å². The number of hydrogen-bond acceptors (Lipinski definition) is 3. The van der Waals surface area contributed by atoms with Crippen molar-refractivity contribution in [2.24, 2.45) is 10.9 Å². The van der Waals surface area contributed by atoms with Crippen LogP contribution >= 0.6 is 11.8 Å². The van der Waals surface area contributed by atoms with Gasteiger partial charge < -0.3 is 10.6 Å². The van der Waals surface area contributed by atoms with E-state index in [1.807, 2.05) is 6.92 Å². The molecule has 2 atom stereocenters. The highest BCUT2D eigenvalue weighted by Crippen LogP contribution is 2.19. The molecule has 98 valence electrons. The number of nitrogens with zero attached hydrogens (tertiary/aromatic N) is 1. The van der Waals surface area contributed by atoms with E-state index in [0.717, 1.165) is 23.9 Å². The van der Waals surface area contributed by atoms with E-state index in [4.69, 9.17) is 0 Å². The Morgan fingerprint density at radius 2 is 2.35 bits per heavy atom. The molecule has 0 bridgehead atoms. The zero-order valence-electron chi connectivity index (χ0n) is 11.0. The molecule has 2 unspecified atom stereocenters. The average Bonchev–Trinajstić information content (AvgIpc) is 2.31. The first-order chi connectivity index (χ1) is 8.13. The van der Waals surface area contributed by atoms with Crippen LogP contribution in [0.25, 0.3) is 0 Å². The number of nitrogens with one attached hydrogen (secondary N) is 2. The minimum absolute atomic E-state index is 0.0958. The number of thioether (sulfide) groups is 1. The van der Waals surface area contributed by atoms with Gasteiger partial charge >= 0.3 is 0 Å². The number of amides is 1. The summed E-state index contributed by atoms with van der Waals surface area (Å²) >= 11 is 1.75. The molecule has 0 spiro atoms. The summed E-state index contributed by atoms with van der Waals surface area (Å²) < 4.78 is 0. The number of carbonyl (C=O) groups is 1. The van der Waals surface area contributed by atoms with E-state index in [9.17, 15) is 4.79 Å². The second-order valence-electron chi connectivity index (χ2n) is 4.51. The Bertz CT molecular complexity index is 281. The van der Waals surface area contributed by atoms with Crippen LogP contribution in [0.15, 0.2) is 4.99 Å². The van der Waals surface area contributed by atoms with Gasteiger partial charge in [0.25, 0.3) is 0 Å². The maximum Gasteiger partial charge on any atom is 0.221 e. The van der Waals surface area contributed by atoms with Crippen molar-refractivity contribution in [3.63, 3.8) is 0 Å². The van der Waals surface area contributed by atoms with Crippen LogP contribution in [-0.2, 0) is 4.79 Å². The quantitative estimate of drug-likeness (QED) is 0.787. The van der Waals surface area contributed by atoms with Gasteiger partial charge in [0.15, 0.2) is 5.17 Å². The number of amidine groups is 1. The summed E-state index contributed by atoms with van der Waals surface area (Å²) in [4.78, 5) is 15.8. The smallest absolute Gasteiger partial charge is 0.221 e. The predicted octanol–water partition coefficient (Wildman–Crippen LogP) is 1.62. The molecule has 0 radical (unpaired) electrons. The zero-order chi connectivity index (χ0) is 12.7. The summed E-state index contributed by atoms with van der Waals surface area (Å²) in [6.45, 7) is 7.79. The van der Waals surface area contributed by atoms with Gasteiger partial charge in [-0.05, 0) is 19.3 Å². The van der Waals surface area contributed by atoms with Gasteiger partial charge in [0.1, 0.15) is 0 Å². The molecule has 2 N–H and O–H groups in total. The molecule has 1 aliphatic heterocycles. The van der Waals surface area contributed by atoms with Gasteiger partial charge in [-0.2, -0.15) is 0 Å². The van der Waals surface area contributed by atoms with Crippen LogP contribution in [0.5, 0.6) is 0 Å². The first kappa shape index (κ1) is 14.4. The Balaban J connectivity index is 2.22. The van der Waals surface area contributed by atoms with Crippen molar-refractivity contribution in [3.05, 3.63) is 0 Å². The van der Waals surface area contributed by atoms with E-state index in [1.54, 1.807) is 11.8 Å². The summed E-state index contributed by atoms with van der Waals surface area (Å²) in [7, 11) is 0. The molecule has 0 aromatic rings. The van der Waals surface area contributed by atoms with Gasteiger partial charge in [0.2, 0.25) is 5.91 Å². The minimum Gasteiger partial charge on any atom is -0.362 e. The van der Waals surface area contributed by atoms with Crippen molar-refractivity contribution < 1.29 is 4.79 Å². The zero-order valence-corrected chi connectivity index (χ0v) is 11.8. The van der Waals surface area contributed by atoms with Crippen molar-refractivity contribution in [2.75, 3.05) is 18.8 Å². The van der Waals surface area contributed by atoms with Gasteiger partial charge in [0, 0.05) is 24.8 Å². The highest BCUT2D eigenvalue weighted by molar-refractivity contribution is 8.13. The molecule has 1 fully saturated rings. The van der Waals surface area contributed by atoms with Gasteiger partial charge in [0.05, 0.1) is 6.54 Å². The Kier molecular flexibility index (Phi) is 6.40. The lowest BCUT2D eigenvalue weighted by molar-refractivity contribution is -0.120. The molecule has 0 aliphatic carbocycles. The lowest BCUT2D eigenvalue weighted by Crippen LogP contribution is -2.41. The van der Waals surface area contributed by atoms with Crippen LogP contribution < -0.4 is 10.6 Å². The Hall–Kier alpha value is -0.710. The third-order valence-electron chi connectivity index (χ3n) is 2.85. The third-order valence-corrected chi connectivity index (χ3v) is 4.07. The fourth-order valence-corrected chi connectivity index (χ4v) is 2.60. The standard InChI is InChI=1S/C12H23N3OS/c1-4-6-13-11(16)5-7-14-12-15-10(3)9(2)8-17-12/h9-10H,4-8H2,1-3H3,(H,13,16)(H,14,15). The van der Waals surface area contributed by atoms with Crippen molar-refractivity contribution in [3.8, 4) is 0 Å². The van der Waals surface area contributed by atoms with Crippen molar-refractivity contribution >= 4 is 22.8 Å². The van der Waals surface area contributed by atoms with Crippen molar-refractivity contribution in [2.45, 2.75) is 39.7 Å². The minimum atomic E-state index is 0.0958. The molecule has 17 heavy (non-hydrogen) atoms. The van der Waals surface area contributed by atoms with Gasteiger partial charge in [-0.25, -0.2) is 0 Å². The summed E-state index contributed by atoms with van der Waals surface area (Å²) in [6, 6.07) is 0.476. The van der Waals surface area contributed by atoms with E-state index in [0.29, 0.717) is 24.9 Å². The van der Waals surface area contributed by atoms with Crippen LogP contribution in [0.1, 0.15) is 33.6 Å². The second kappa shape index (κ2) is 7.58. The topological polar surface area (TPSA) is 53.5 Å². The van der Waals surface area contributed by atoms with Gasteiger partial charge in [-0.15, -0.1) is 0 Å². The van der Waals surface area contributed by atoms with E-state index in [-0.39, 0.29) is 5.91 Å². The molecule has 1 rings (SSSR count). The largest absolute Gasteiger partial charge is 0.362 e. The van der Waals surface area contributed by atoms with Gasteiger partial charge in [-0.3, -0.25) is 9.79 Å². The summed E-state index contributed by atoms with van der Waals surface area (Å²) in [5.41, 5.74) is 0. The second-order valence-corrected chi connectivity index (χ2v) is 5.52. The molecule has 4 nitrogen and oxygen atoms in total. The Labute approximate surface area is 108 Å². The molecule has 0 aromatic carbocycles. The maximum atomic E-state index is 11.4. The van der Waals surface area contributed by atoms with Crippen LogP contribution in [-0.4, -0.2) is 36.0 Å². The molecule has 1 amide bonds. The van der Waals surface area contributed by atoms with Crippen molar-refractivity contribution in [1.29, 1.82) is 0 Å². The molecule has 1 saturated heterocycles. The predicted molar refractivity (Wildman–Crippen MR) is 74.4 cm³/mol. The number of rotatable bonds is 5. The van der Waals surface area contributed by atoms with E-state index in [1.165, 1.54) is 0 Å². The monoisotopic (exact) mass is 257 g/mol. The number of aliphatic imine (C=N–C) groups is 1. The first-order valence-corrected chi connectivity index (χ1v) is 7.32. The summed E-state index contributed by atoms with van der Waals surface area (Å²) in [6.07, 6.45) is 1.46. The lowest BCUT2D eigenvalue weighted by Gasteiger charge is -2.28. The summed E-state index contributed by atoms with van der Waals surface area (Å²) in [5, 5.41) is 7.20. The Morgan fingerprint density at radius 1 is 1.59 bits per heavy atom. The highest BCUT2D eigenvalue weighted by atomic mass is 32.2. The first-order valence-electron chi connectivity index (χ1n) is 6.34. The SMILES string of the molecule is CCCNC(=O)CCN=C1NC(C)C(C)CS1. The fraction of sp³-hybridized carbons (Fsp3) is 0.833. The molecule has 0 aromatic heterocycles. The lowest BCUT2D eigenvalue weighted by atomic mass is 10.1. The van der Waals surface area contributed by atoms with E-state index in [2.05, 4.69) is 29.5 Å².